The molecule has 1 heterocycles. The number of hydrogen-bond donors (Lipinski definition) is 2. The molecule has 0 aliphatic rings. The Morgan fingerprint density at radius 3 is 2.58 bits per heavy atom. The molecule has 7 heteroatoms. The van der Waals surface area contributed by atoms with Crippen LogP contribution < -0.4 is 11.3 Å². The van der Waals surface area contributed by atoms with E-state index in [2.05, 4.69) is 4.98 Å². The maximum atomic E-state index is 12.9. The number of hydrogen-bond acceptors (Lipinski definition) is 4. The first-order valence-electron chi connectivity index (χ1n) is 5.32. The smallest absolute Gasteiger partial charge is 0.323 e. The lowest BCUT2D eigenvalue weighted by molar-refractivity contribution is -0.137. The quantitative estimate of drug-likeness (QED) is 0.850. The van der Waals surface area contributed by atoms with Gasteiger partial charge in [0.25, 0.3) is 5.56 Å². The number of aliphatic carboxylic acids is 1. The molecule has 0 saturated heterocycles. The van der Waals surface area contributed by atoms with Crippen LogP contribution in [0.4, 0.5) is 10.1 Å². The molecule has 0 spiro atoms. The van der Waals surface area contributed by atoms with E-state index < -0.39 is 23.9 Å². The number of anilines is 1. The summed E-state index contributed by atoms with van der Waals surface area (Å²) in [7, 11) is 0. The monoisotopic (exact) mass is 263 g/mol. The van der Waals surface area contributed by atoms with Gasteiger partial charge in [-0.05, 0) is 24.3 Å². The Morgan fingerprint density at radius 2 is 2.00 bits per heavy atom. The van der Waals surface area contributed by atoms with E-state index in [0.29, 0.717) is 5.56 Å². The van der Waals surface area contributed by atoms with Gasteiger partial charge in [-0.15, -0.1) is 0 Å². The highest BCUT2D eigenvalue weighted by Crippen LogP contribution is 2.16. The van der Waals surface area contributed by atoms with Crippen LogP contribution >= 0.6 is 0 Å². The van der Waals surface area contributed by atoms with Crippen molar-refractivity contribution in [3.8, 4) is 11.4 Å². The minimum atomic E-state index is -1.20. The van der Waals surface area contributed by atoms with Gasteiger partial charge in [0.05, 0.1) is 6.20 Å². The molecule has 1 aromatic heterocycles. The molecule has 0 saturated carbocycles. The number of benzene rings is 1. The molecule has 0 amide bonds. The van der Waals surface area contributed by atoms with E-state index in [1.165, 1.54) is 24.3 Å². The van der Waals surface area contributed by atoms with Crippen LogP contribution in [0.2, 0.25) is 0 Å². The van der Waals surface area contributed by atoms with Crippen molar-refractivity contribution >= 4 is 11.7 Å². The van der Waals surface area contributed by atoms with Crippen molar-refractivity contribution in [3.05, 3.63) is 46.6 Å². The van der Waals surface area contributed by atoms with Gasteiger partial charge in [0, 0.05) is 5.56 Å². The zero-order chi connectivity index (χ0) is 14.0. The number of carboxylic acids is 1. The van der Waals surface area contributed by atoms with E-state index in [1.807, 2.05) is 0 Å². The minimum Gasteiger partial charge on any atom is -0.480 e. The molecule has 0 unspecified atom stereocenters. The number of aromatic nitrogens is 2. The molecule has 0 bridgehead atoms. The molecule has 0 radical (unpaired) electrons. The number of halogens is 1. The molecule has 0 atom stereocenters. The van der Waals surface area contributed by atoms with E-state index in [4.69, 9.17) is 10.8 Å². The van der Waals surface area contributed by atoms with Crippen molar-refractivity contribution in [3.63, 3.8) is 0 Å². The lowest BCUT2D eigenvalue weighted by Crippen LogP contribution is -2.28. The lowest BCUT2D eigenvalue weighted by atomic mass is 10.2. The van der Waals surface area contributed by atoms with Crippen LogP contribution in [0.5, 0.6) is 0 Å². The number of nitrogens with two attached hydrogens (primary N) is 1. The molecule has 1 aromatic carbocycles. The summed E-state index contributed by atoms with van der Waals surface area (Å²) in [5, 5.41) is 8.81. The van der Waals surface area contributed by atoms with Gasteiger partial charge < -0.3 is 10.8 Å². The predicted octanol–water partition coefficient (Wildman–Crippen LogP) is 0.716. The predicted molar refractivity (Wildman–Crippen MR) is 65.9 cm³/mol. The second-order valence-corrected chi connectivity index (χ2v) is 3.83. The van der Waals surface area contributed by atoms with Crippen molar-refractivity contribution in [1.29, 1.82) is 0 Å². The highest BCUT2D eigenvalue weighted by molar-refractivity contribution is 5.68. The van der Waals surface area contributed by atoms with Gasteiger partial charge in [0.1, 0.15) is 23.9 Å². The van der Waals surface area contributed by atoms with Gasteiger partial charge in [-0.25, -0.2) is 9.37 Å². The number of nitrogens with zero attached hydrogens (tertiary/aromatic N) is 2. The summed E-state index contributed by atoms with van der Waals surface area (Å²) in [4.78, 5) is 26.6. The van der Waals surface area contributed by atoms with Crippen LogP contribution in [0.25, 0.3) is 11.4 Å². The highest BCUT2D eigenvalue weighted by atomic mass is 19.1. The van der Waals surface area contributed by atoms with E-state index in [9.17, 15) is 14.0 Å². The zero-order valence-corrected chi connectivity index (χ0v) is 9.71. The Bertz CT molecular complexity index is 680. The molecule has 2 rings (SSSR count). The minimum absolute atomic E-state index is 0.126. The van der Waals surface area contributed by atoms with Gasteiger partial charge >= 0.3 is 5.97 Å². The van der Waals surface area contributed by atoms with Crippen LogP contribution in [-0.4, -0.2) is 20.6 Å². The first kappa shape index (κ1) is 12.7. The third-order valence-electron chi connectivity index (χ3n) is 2.47. The molecule has 6 nitrogen and oxygen atoms in total. The van der Waals surface area contributed by atoms with Crippen molar-refractivity contribution in [1.82, 2.24) is 9.55 Å². The molecular weight excluding hydrogens is 253 g/mol. The second kappa shape index (κ2) is 4.89. The standard InChI is InChI=1S/C12H10FN3O3/c13-8-3-1-7(2-4-8)11-15-5-9(14)12(19)16(11)6-10(17)18/h1-5H,6,14H2,(H,17,18). The SMILES string of the molecule is Nc1cnc(-c2ccc(F)cc2)n(CC(=O)O)c1=O. The number of nitrogen functional groups attached to an aromatic ring is 1. The van der Waals surface area contributed by atoms with E-state index in [1.54, 1.807) is 0 Å². The summed E-state index contributed by atoms with van der Waals surface area (Å²) in [5.74, 6) is -1.51. The van der Waals surface area contributed by atoms with Crippen molar-refractivity contribution < 1.29 is 14.3 Å². The summed E-state index contributed by atoms with van der Waals surface area (Å²) in [6, 6.07) is 5.21. The van der Waals surface area contributed by atoms with Gasteiger partial charge in [-0.3, -0.25) is 14.2 Å². The summed E-state index contributed by atoms with van der Waals surface area (Å²) < 4.78 is 13.8. The van der Waals surface area contributed by atoms with Crippen molar-refractivity contribution in [2.24, 2.45) is 0 Å². The van der Waals surface area contributed by atoms with Gasteiger partial charge in [-0.2, -0.15) is 0 Å². The van der Waals surface area contributed by atoms with Crippen molar-refractivity contribution in [2.45, 2.75) is 6.54 Å². The van der Waals surface area contributed by atoms with Gasteiger partial charge in [-0.1, -0.05) is 0 Å². The Hall–Kier alpha value is -2.70. The first-order chi connectivity index (χ1) is 8.99. The fourth-order valence-corrected chi connectivity index (χ4v) is 1.62. The van der Waals surface area contributed by atoms with Crippen LogP contribution in [-0.2, 0) is 11.3 Å². The number of carboxylic acid groups (broad SMARTS) is 1. The van der Waals surface area contributed by atoms with E-state index >= 15 is 0 Å². The molecule has 98 valence electrons. The first-order valence-corrected chi connectivity index (χ1v) is 5.32. The number of rotatable bonds is 3. The van der Waals surface area contributed by atoms with Crippen LogP contribution in [0.15, 0.2) is 35.3 Å². The summed E-state index contributed by atoms with van der Waals surface area (Å²) in [6.45, 7) is -0.566. The Labute approximate surface area is 106 Å². The molecule has 2 aromatic rings. The topological polar surface area (TPSA) is 98.2 Å². The summed E-state index contributed by atoms with van der Waals surface area (Å²) in [6.07, 6.45) is 1.15. The normalized spacial score (nSPS) is 10.4. The molecular formula is C12H10FN3O3. The second-order valence-electron chi connectivity index (χ2n) is 3.83. The molecule has 0 aliphatic carbocycles. The summed E-state index contributed by atoms with van der Waals surface area (Å²) >= 11 is 0. The van der Waals surface area contributed by atoms with E-state index in [0.717, 1.165) is 10.8 Å². The zero-order valence-electron chi connectivity index (χ0n) is 9.71. The highest BCUT2D eigenvalue weighted by Gasteiger charge is 2.13. The summed E-state index contributed by atoms with van der Waals surface area (Å²) in [5.41, 5.74) is 5.06. The van der Waals surface area contributed by atoms with Crippen LogP contribution in [0.3, 0.4) is 0 Å². The van der Waals surface area contributed by atoms with E-state index in [-0.39, 0.29) is 11.5 Å². The maximum absolute atomic E-state index is 12.9. The molecule has 3 N–H and O–H groups in total. The largest absolute Gasteiger partial charge is 0.480 e. The third kappa shape index (κ3) is 2.59. The van der Waals surface area contributed by atoms with Gasteiger partial charge in [0.15, 0.2) is 0 Å². The van der Waals surface area contributed by atoms with Crippen molar-refractivity contribution in [2.75, 3.05) is 5.73 Å². The average Bonchev–Trinajstić information content (AvgIpc) is 2.36. The molecule has 19 heavy (non-hydrogen) atoms. The average molecular weight is 263 g/mol. The Morgan fingerprint density at radius 1 is 1.37 bits per heavy atom. The van der Waals surface area contributed by atoms with Gasteiger partial charge in [0.2, 0.25) is 0 Å². The van der Waals surface area contributed by atoms with Crippen LogP contribution in [0, 0.1) is 5.82 Å². The Kier molecular flexibility index (Phi) is 3.28. The Balaban J connectivity index is 2.62. The molecule has 0 aliphatic heterocycles. The molecule has 0 fully saturated rings. The number of carbonyl (C=O) groups is 1. The lowest BCUT2D eigenvalue weighted by Gasteiger charge is -2.10. The third-order valence-corrected chi connectivity index (χ3v) is 2.47. The maximum Gasteiger partial charge on any atom is 0.323 e. The van der Waals surface area contributed by atoms with Crippen LogP contribution in [0.1, 0.15) is 0 Å². The fraction of sp³-hybridized carbons (Fsp3) is 0.0833. The fourth-order valence-electron chi connectivity index (χ4n) is 1.62.